The second-order valence-electron chi connectivity index (χ2n) is 7.70. The van der Waals surface area contributed by atoms with Gasteiger partial charge >= 0.3 is 6.09 Å². The SMILES string of the molecule is O=C(NC1CCCCC1)O[C@@H]1CO[C@H]2[C@@H]1OC[C@@H]2NS(=O)(=O)c1ccc(Cl)cc1. The van der Waals surface area contributed by atoms with Crippen LogP contribution in [0.4, 0.5) is 4.79 Å². The maximum atomic E-state index is 12.6. The Kier molecular flexibility index (Phi) is 6.31. The Bertz CT molecular complexity index is 828. The zero-order valence-electron chi connectivity index (χ0n) is 15.9. The van der Waals surface area contributed by atoms with Crippen molar-refractivity contribution < 1.29 is 27.4 Å². The van der Waals surface area contributed by atoms with E-state index >= 15 is 0 Å². The van der Waals surface area contributed by atoms with Crippen LogP contribution in [-0.2, 0) is 24.2 Å². The monoisotopic (exact) mass is 444 g/mol. The molecule has 0 aromatic heterocycles. The molecule has 2 aliphatic heterocycles. The molecule has 0 unspecified atom stereocenters. The van der Waals surface area contributed by atoms with Gasteiger partial charge in [0.1, 0.15) is 12.2 Å². The van der Waals surface area contributed by atoms with E-state index in [1.165, 1.54) is 30.7 Å². The molecule has 4 atom stereocenters. The number of amides is 1. The van der Waals surface area contributed by atoms with Crippen molar-refractivity contribution >= 4 is 27.7 Å². The minimum absolute atomic E-state index is 0.114. The Labute approximate surface area is 175 Å². The third-order valence-electron chi connectivity index (χ3n) is 5.62. The van der Waals surface area contributed by atoms with Crippen molar-refractivity contribution in [1.82, 2.24) is 10.0 Å². The molecule has 1 aromatic carbocycles. The highest BCUT2D eigenvalue weighted by atomic mass is 35.5. The lowest BCUT2D eigenvalue weighted by Crippen LogP contribution is -2.45. The molecule has 2 saturated heterocycles. The van der Waals surface area contributed by atoms with Gasteiger partial charge in [-0.15, -0.1) is 0 Å². The molecule has 2 heterocycles. The topological polar surface area (TPSA) is 103 Å². The van der Waals surface area contributed by atoms with E-state index in [1.807, 2.05) is 0 Å². The van der Waals surface area contributed by atoms with Gasteiger partial charge in [0.2, 0.25) is 10.0 Å². The summed E-state index contributed by atoms with van der Waals surface area (Å²) in [5.74, 6) is 0. The smallest absolute Gasteiger partial charge is 0.407 e. The zero-order chi connectivity index (χ0) is 20.4. The summed E-state index contributed by atoms with van der Waals surface area (Å²) in [4.78, 5) is 12.3. The van der Waals surface area contributed by atoms with Crippen LogP contribution in [0.3, 0.4) is 0 Å². The molecule has 2 N–H and O–H groups in total. The van der Waals surface area contributed by atoms with Gasteiger partial charge in [-0.1, -0.05) is 30.9 Å². The molecule has 1 saturated carbocycles. The summed E-state index contributed by atoms with van der Waals surface area (Å²) in [6, 6.07) is 5.51. The van der Waals surface area contributed by atoms with E-state index in [2.05, 4.69) is 10.0 Å². The summed E-state index contributed by atoms with van der Waals surface area (Å²) in [6.07, 6.45) is 3.32. The minimum atomic E-state index is -3.75. The number of fused-ring (bicyclic) bond motifs is 1. The Balaban J connectivity index is 1.32. The highest BCUT2D eigenvalue weighted by Gasteiger charge is 2.50. The van der Waals surface area contributed by atoms with Crippen LogP contribution >= 0.6 is 11.6 Å². The first-order chi connectivity index (χ1) is 13.9. The number of ether oxygens (including phenoxy) is 3. The Morgan fingerprint density at radius 2 is 1.72 bits per heavy atom. The molecular formula is C19H25ClN2O6S. The van der Waals surface area contributed by atoms with Crippen LogP contribution < -0.4 is 10.0 Å². The van der Waals surface area contributed by atoms with E-state index in [0.29, 0.717) is 5.02 Å². The molecule has 3 fully saturated rings. The molecule has 0 radical (unpaired) electrons. The van der Waals surface area contributed by atoms with E-state index in [9.17, 15) is 13.2 Å². The summed E-state index contributed by atoms with van der Waals surface area (Å²) in [6.45, 7) is 0.318. The number of benzene rings is 1. The Morgan fingerprint density at radius 1 is 1.03 bits per heavy atom. The van der Waals surface area contributed by atoms with Gasteiger partial charge in [0.15, 0.2) is 6.10 Å². The normalized spacial score (nSPS) is 30.1. The average Bonchev–Trinajstić information content (AvgIpc) is 3.26. The van der Waals surface area contributed by atoms with Gasteiger partial charge in [-0.25, -0.2) is 17.9 Å². The molecule has 1 aliphatic carbocycles. The van der Waals surface area contributed by atoms with Gasteiger partial charge < -0.3 is 19.5 Å². The van der Waals surface area contributed by atoms with Crippen molar-refractivity contribution in [3.05, 3.63) is 29.3 Å². The Hall–Kier alpha value is -1.39. The first kappa shape index (κ1) is 20.9. The van der Waals surface area contributed by atoms with E-state index in [1.54, 1.807) is 0 Å². The largest absolute Gasteiger partial charge is 0.441 e. The van der Waals surface area contributed by atoms with Gasteiger partial charge in [-0.05, 0) is 37.1 Å². The molecule has 1 aromatic rings. The third-order valence-corrected chi connectivity index (χ3v) is 7.38. The second kappa shape index (κ2) is 8.77. The van der Waals surface area contributed by atoms with Crippen molar-refractivity contribution in [2.45, 2.75) is 67.4 Å². The van der Waals surface area contributed by atoms with Crippen molar-refractivity contribution in [3.8, 4) is 0 Å². The molecule has 0 bridgehead atoms. The molecular weight excluding hydrogens is 420 g/mol. The van der Waals surface area contributed by atoms with Gasteiger partial charge in [0.05, 0.1) is 24.2 Å². The van der Waals surface area contributed by atoms with Crippen molar-refractivity contribution in [1.29, 1.82) is 0 Å². The van der Waals surface area contributed by atoms with Crippen LogP contribution in [0.15, 0.2) is 29.2 Å². The van der Waals surface area contributed by atoms with Gasteiger partial charge in [0, 0.05) is 11.1 Å². The maximum Gasteiger partial charge on any atom is 0.407 e. The van der Waals surface area contributed by atoms with Gasteiger partial charge in [-0.2, -0.15) is 0 Å². The van der Waals surface area contributed by atoms with Crippen LogP contribution in [0.25, 0.3) is 0 Å². The summed E-state index contributed by atoms with van der Waals surface area (Å²) in [5.41, 5.74) is 0. The molecule has 3 aliphatic rings. The first-order valence-corrected chi connectivity index (χ1v) is 11.8. The average molecular weight is 445 g/mol. The number of halogens is 1. The standard InChI is InChI=1S/C19H25ClN2O6S/c20-12-6-8-14(9-7-12)29(24,25)22-15-10-26-18-16(11-27-17(15)18)28-19(23)21-13-4-2-1-3-5-13/h6-9,13,15-18,22H,1-5,10-11H2,(H,21,23)/t15-,16+,17+,18+/m0/s1. The van der Waals surface area contributed by atoms with Gasteiger partial charge in [0.25, 0.3) is 0 Å². The van der Waals surface area contributed by atoms with Crippen molar-refractivity contribution in [2.75, 3.05) is 13.2 Å². The number of carbonyl (C=O) groups is 1. The number of carbonyl (C=O) groups excluding carboxylic acids is 1. The summed E-state index contributed by atoms with van der Waals surface area (Å²) in [7, 11) is -3.75. The molecule has 4 rings (SSSR count). The second-order valence-corrected chi connectivity index (χ2v) is 9.85. The number of alkyl carbamates (subject to hydrolysis) is 1. The van der Waals surface area contributed by atoms with E-state index in [-0.39, 0.29) is 24.2 Å². The molecule has 10 heteroatoms. The quantitative estimate of drug-likeness (QED) is 0.721. The fourth-order valence-corrected chi connectivity index (χ4v) is 5.49. The fraction of sp³-hybridized carbons (Fsp3) is 0.632. The zero-order valence-corrected chi connectivity index (χ0v) is 17.5. The lowest BCUT2D eigenvalue weighted by atomic mass is 9.96. The van der Waals surface area contributed by atoms with E-state index in [4.69, 9.17) is 25.8 Å². The number of sulfonamides is 1. The summed E-state index contributed by atoms with van der Waals surface area (Å²) < 4.78 is 44.8. The minimum Gasteiger partial charge on any atom is -0.441 e. The Morgan fingerprint density at radius 3 is 2.45 bits per heavy atom. The molecule has 8 nitrogen and oxygen atoms in total. The first-order valence-electron chi connectivity index (χ1n) is 9.90. The number of nitrogens with one attached hydrogen (secondary N) is 2. The number of hydrogen-bond donors (Lipinski definition) is 2. The predicted molar refractivity (Wildman–Crippen MR) is 105 cm³/mol. The molecule has 160 valence electrons. The van der Waals surface area contributed by atoms with Gasteiger partial charge in [-0.3, -0.25) is 0 Å². The third kappa shape index (κ3) is 4.86. The summed E-state index contributed by atoms with van der Waals surface area (Å²) >= 11 is 5.82. The predicted octanol–water partition coefficient (Wildman–Crippen LogP) is 2.21. The van der Waals surface area contributed by atoms with E-state index in [0.717, 1.165) is 25.7 Å². The molecule has 29 heavy (non-hydrogen) atoms. The van der Waals surface area contributed by atoms with Crippen molar-refractivity contribution in [3.63, 3.8) is 0 Å². The van der Waals surface area contributed by atoms with Crippen LogP contribution in [0, 0.1) is 0 Å². The maximum absolute atomic E-state index is 12.6. The summed E-state index contributed by atoms with van der Waals surface area (Å²) in [5, 5.41) is 3.36. The number of hydrogen-bond acceptors (Lipinski definition) is 6. The van der Waals surface area contributed by atoms with Crippen LogP contribution in [0.5, 0.6) is 0 Å². The molecule has 1 amide bonds. The van der Waals surface area contributed by atoms with E-state index < -0.39 is 40.5 Å². The van der Waals surface area contributed by atoms with Crippen molar-refractivity contribution in [2.24, 2.45) is 0 Å². The fourth-order valence-electron chi connectivity index (χ4n) is 4.13. The molecule has 0 spiro atoms. The van der Waals surface area contributed by atoms with Crippen LogP contribution in [0.2, 0.25) is 5.02 Å². The highest BCUT2D eigenvalue weighted by Crippen LogP contribution is 2.30. The van der Waals surface area contributed by atoms with Crippen LogP contribution in [0.1, 0.15) is 32.1 Å². The lowest BCUT2D eigenvalue weighted by Gasteiger charge is -2.24. The lowest BCUT2D eigenvalue weighted by molar-refractivity contribution is 0.00281. The highest BCUT2D eigenvalue weighted by molar-refractivity contribution is 7.89. The van der Waals surface area contributed by atoms with Crippen LogP contribution in [-0.4, -0.2) is 58.1 Å². The number of rotatable bonds is 5.